The molecule has 0 radical (unpaired) electrons. The van der Waals surface area contributed by atoms with Crippen LogP contribution in [0.25, 0.3) is 94.5 Å². The van der Waals surface area contributed by atoms with Gasteiger partial charge in [-0.05, 0) is 121 Å². The molecule has 0 bridgehead atoms. The fraction of sp³-hybridized carbons (Fsp3) is 0.0769. The van der Waals surface area contributed by atoms with Crippen molar-refractivity contribution >= 4 is 32.8 Å². The van der Waals surface area contributed by atoms with E-state index in [2.05, 4.69) is 253 Å². The molecular formula is C65H46N4O. The highest BCUT2D eigenvalue weighted by Gasteiger charge is 2.32. The van der Waals surface area contributed by atoms with Crippen LogP contribution in [0.1, 0.15) is 49.1 Å². The van der Waals surface area contributed by atoms with E-state index in [1.165, 1.54) is 55.5 Å². The zero-order chi connectivity index (χ0) is 46.7. The Balaban J connectivity index is 0.902. The SMILES string of the molecule is CC(C)(C)c1cc(C2c3ccccc3-c3ccccc32)nc(-n2c3ccccc3c3ccc(Oc4cccc(-n5[c-][n+]6c7c(cccc75)-c5ccccc5-c5ccccc5-c5ccccc5-6)c4)cc32)c1. The molecule has 0 fully saturated rings. The lowest BCUT2D eigenvalue weighted by Gasteiger charge is -2.24. The number of ether oxygens (including phenoxy) is 1. The van der Waals surface area contributed by atoms with Crippen LogP contribution in [0.4, 0.5) is 0 Å². The van der Waals surface area contributed by atoms with Crippen molar-refractivity contribution in [2.24, 2.45) is 0 Å². The normalized spacial score (nSPS) is 12.7. The lowest BCUT2D eigenvalue weighted by Crippen LogP contribution is -2.30. The van der Waals surface area contributed by atoms with Crippen molar-refractivity contribution in [3.63, 3.8) is 0 Å². The Morgan fingerprint density at radius 3 is 1.76 bits per heavy atom. The van der Waals surface area contributed by atoms with Crippen molar-refractivity contribution in [2.45, 2.75) is 32.1 Å². The molecule has 5 nitrogen and oxygen atoms in total. The number of rotatable bonds is 5. The third kappa shape index (κ3) is 6.18. The van der Waals surface area contributed by atoms with Crippen LogP contribution in [0.2, 0.25) is 0 Å². The van der Waals surface area contributed by atoms with Gasteiger partial charge >= 0.3 is 0 Å². The fourth-order valence-corrected chi connectivity index (χ4v) is 11.3. The summed E-state index contributed by atoms with van der Waals surface area (Å²) >= 11 is 0. The molecule has 0 spiro atoms. The third-order valence-corrected chi connectivity index (χ3v) is 14.6. The van der Waals surface area contributed by atoms with Gasteiger partial charge in [-0.1, -0.05) is 178 Å². The van der Waals surface area contributed by atoms with Crippen molar-refractivity contribution in [1.29, 1.82) is 0 Å². The standard InChI is InChI=1S/C65H46N4O/c1-65(2,3)41-36-57(63-54-28-10-8-23-48(54)49-24-9-11-29-55(49)63)66-62(37-41)69-59-32-15-13-27-52(59)53-35-34-44(39-61(53)69)70-43-19-16-18-42(38-43)67-40-68-58-31-14-12-26-51(58)47-22-6-4-20-45(47)46-21-5-7-25-50(46)56-30-17-33-60(67)64(56)68/h4-39,63H,1-3H3. The summed E-state index contributed by atoms with van der Waals surface area (Å²) in [6.07, 6.45) is 3.84. The monoisotopic (exact) mass is 898 g/mol. The first-order chi connectivity index (χ1) is 34.4. The van der Waals surface area contributed by atoms with Gasteiger partial charge in [0.1, 0.15) is 17.3 Å². The Bertz CT molecular complexity index is 4060. The second-order valence-electron chi connectivity index (χ2n) is 19.7. The van der Waals surface area contributed by atoms with Crippen LogP contribution >= 0.6 is 0 Å². The van der Waals surface area contributed by atoms with Crippen LogP contribution in [-0.2, 0) is 5.41 Å². The number of hydrogen-bond acceptors (Lipinski definition) is 2. The van der Waals surface area contributed by atoms with Crippen LogP contribution in [0.5, 0.6) is 11.5 Å². The predicted octanol–water partition coefficient (Wildman–Crippen LogP) is 15.8. The molecule has 5 heteroatoms. The van der Waals surface area contributed by atoms with Gasteiger partial charge in [0, 0.05) is 16.8 Å². The molecule has 14 rings (SSSR count). The molecule has 4 heterocycles. The van der Waals surface area contributed by atoms with Crippen molar-refractivity contribution in [3.05, 3.63) is 247 Å². The van der Waals surface area contributed by atoms with Crippen molar-refractivity contribution < 1.29 is 9.30 Å². The highest BCUT2D eigenvalue weighted by atomic mass is 16.5. The molecule has 0 N–H and O–H groups in total. The molecule has 2 aliphatic rings. The summed E-state index contributed by atoms with van der Waals surface area (Å²) in [6.45, 7) is 6.87. The van der Waals surface area contributed by atoms with Crippen molar-refractivity contribution in [1.82, 2.24) is 14.1 Å². The number of para-hydroxylation sites is 3. The van der Waals surface area contributed by atoms with Crippen molar-refractivity contribution in [2.75, 3.05) is 0 Å². The molecule has 0 saturated carbocycles. The topological polar surface area (TPSA) is 35.9 Å². The van der Waals surface area contributed by atoms with Crippen LogP contribution in [0.3, 0.4) is 0 Å². The molecule has 70 heavy (non-hydrogen) atoms. The summed E-state index contributed by atoms with van der Waals surface area (Å²) in [5, 5.41) is 2.31. The Morgan fingerprint density at radius 1 is 0.471 bits per heavy atom. The minimum absolute atomic E-state index is 0.0162. The van der Waals surface area contributed by atoms with Crippen LogP contribution < -0.4 is 9.30 Å². The summed E-state index contributed by atoms with van der Waals surface area (Å²) < 4.78 is 13.7. The number of pyridine rings is 1. The van der Waals surface area contributed by atoms with E-state index in [-0.39, 0.29) is 11.3 Å². The largest absolute Gasteiger partial charge is 0.458 e. The number of hydrogen-bond donors (Lipinski definition) is 0. The number of benzene rings is 9. The predicted molar refractivity (Wildman–Crippen MR) is 284 cm³/mol. The third-order valence-electron chi connectivity index (χ3n) is 14.6. The summed E-state index contributed by atoms with van der Waals surface area (Å²) in [4.78, 5) is 5.64. The smallest absolute Gasteiger partial charge is 0.269 e. The first kappa shape index (κ1) is 40.3. The molecular weight excluding hydrogens is 853 g/mol. The van der Waals surface area contributed by atoms with Gasteiger partial charge in [0.15, 0.2) is 0 Å². The van der Waals surface area contributed by atoms with E-state index >= 15 is 0 Å². The maximum atomic E-state index is 6.91. The van der Waals surface area contributed by atoms with Gasteiger partial charge in [-0.15, -0.1) is 0 Å². The summed E-state index contributed by atoms with van der Waals surface area (Å²) in [5.74, 6) is 2.38. The lowest BCUT2D eigenvalue weighted by atomic mass is 9.84. The highest BCUT2D eigenvalue weighted by Crippen LogP contribution is 2.49. The molecule has 9 aromatic carbocycles. The average molecular weight is 899 g/mol. The van der Waals surface area contributed by atoms with Gasteiger partial charge in [0.05, 0.1) is 45.1 Å². The minimum atomic E-state index is -0.125. The van der Waals surface area contributed by atoms with E-state index < -0.39 is 0 Å². The van der Waals surface area contributed by atoms with Gasteiger partial charge < -0.3 is 4.74 Å². The summed E-state index contributed by atoms with van der Waals surface area (Å²) in [7, 11) is 0. The first-order valence-electron chi connectivity index (χ1n) is 24.2. The van der Waals surface area contributed by atoms with Gasteiger partial charge in [0.2, 0.25) is 0 Å². The molecule has 0 unspecified atom stereocenters. The molecule has 332 valence electrons. The summed E-state index contributed by atoms with van der Waals surface area (Å²) in [6, 6.07) is 78.5. The first-order valence-corrected chi connectivity index (χ1v) is 24.2. The molecule has 0 atom stereocenters. The van der Waals surface area contributed by atoms with E-state index in [0.717, 1.165) is 73.0 Å². The molecule has 1 aliphatic heterocycles. The van der Waals surface area contributed by atoms with Gasteiger partial charge in [0.25, 0.3) is 6.33 Å². The Kier molecular flexibility index (Phi) is 8.84. The van der Waals surface area contributed by atoms with Crippen LogP contribution in [-0.4, -0.2) is 14.1 Å². The zero-order valence-corrected chi connectivity index (χ0v) is 39.1. The summed E-state index contributed by atoms with van der Waals surface area (Å²) in [5.41, 5.74) is 20.7. The molecule has 12 aromatic rings. The van der Waals surface area contributed by atoms with E-state index in [0.29, 0.717) is 0 Å². The molecule has 1 aliphatic carbocycles. The van der Waals surface area contributed by atoms with Gasteiger partial charge in [-0.3, -0.25) is 13.7 Å². The maximum absolute atomic E-state index is 6.91. The average Bonchev–Trinajstić information content (AvgIpc) is 4.07. The highest BCUT2D eigenvalue weighted by molar-refractivity contribution is 6.09. The lowest BCUT2D eigenvalue weighted by molar-refractivity contribution is -0.571. The molecule has 0 amide bonds. The zero-order valence-electron chi connectivity index (χ0n) is 39.1. The van der Waals surface area contributed by atoms with E-state index in [4.69, 9.17) is 9.72 Å². The quantitative estimate of drug-likeness (QED) is 0.127. The second-order valence-corrected chi connectivity index (χ2v) is 19.7. The Morgan fingerprint density at radius 2 is 1.03 bits per heavy atom. The van der Waals surface area contributed by atoms with E-state index in [9.17, 15) is 0 Å². The minimum Gasteiger partial charge on any atom is -0.458 e. The van der Waals surface area contributed by atoms with Gasteiger partial charge in [-0.25, -0.2) is 4.98 Å². The molecule has 3 aromatic heterocycles. The van der Waals surface area contributed by atoms with E-state index in [1.54, 1.807) is 0 Å². The number of nitrogens with zero attached hydrogens (tertiary/aromatic N) is 4. The number of imidazole rings is 1. The van der Waals surface area contributed by atoms with Crippen LogP contribution in [0, 0.1) is 6.33 Å². The number of fused-ring (bicyclic) bond motifs is 13. The van der Waals surface area contributed by atoms with Gasteiger partial charge in [-0.2, -0.15) is 0 Å². The van der Waals surface area contributed by atoms with E-state index in [1.807, 2.05) is 6.07 Å². The van der Waals surface area contributed by atoms with Crippen LogP contribution in [0.15, 0.2) is 218 Å². The maximum Gasteiger partial charge on any atom is 0.269 e. The Labute approximate surface area is 406 Å². The number of aromatic nitrogens is 4. The van der Waals surface area contributed by atoms with Crippen molar-refractivity contribution in [3.8, 4) is 73.2 Å². The Hall–Kier alpha value is -8.80. The fourth-order valence-electron chi connectivity index (χ4n) is 11.3. The molecule has 0 saturated heterocycles. The second kappa shape index (κ2) is 15.4.